The van der Waals surface area contributed by atoms with Gasteiger partial charge < -0.3 is 14.4 Å². The van der Waals surface area contributed by atoms with Crippen LogP contribution in [0.1, 0.15) is 46.7 Å². The molecule has 0 aliphatic carbocycles. The zero-order valence-corrected chi connectivity index (χ0v) is 11.3. The fourth-order valence-electron chi connectivity index (χ4n) is 2.06. The Kier molecular flexibility index (Phi) is 3.23. The fourth-order valence-corrected chi connectivity index (χ4v) is 2.06. The molecule has 3 rings (SSSR count). The summed E-state index contributed by atoms with van der Waals surface area (Å²) in [5, 5.41) is 13.3. The van der Waals surface area contributed by atoms with Crippen LogP contribution in [0.2, 0.25) is 0 Å². The van der Waals surface area contributed by atoms with Gasteiger partial charge in [-0.05, 0) is 33.2 Å². The first-order chi connectivity index (χ1) is 9.65. The van der Waals surface area contributed by atoms with Gasteiger partial charge in [-0.1, -0.05) is 10.3 Å². The van der Waals surface area contributed by atoms with Crippen LogP contribution in [0.3, 0.4) is 0 Å². The summed E-state index contributed by atoms with van der Waals surface area (Å²) in [6.45, 7) is 4.53. The third-order valence-electron chi connectivity index (χ3n) is 3.39. The van der Waals surface area contributed by atoms with E-state index in [1.165, 1.54) is 0 Å². The molecule has 1 amide bonds. The van der Waals surface area contributed by atoms with E-state index in [2.05, 4.69) is 25.9 Å². The molecule has 0 saturated carbocycles. The first-order valence-corrected chi connectivity index (χ1v) is 6.46. The number of aryl methyl sites for hydroxylation is 1. The minimum Gasteiger partial charge on any atom is -0.338 e. The van der Waals surface area contributed by atoms with E-state index >= 15 is 0 Å². The lowest BCUT2D eigenvalue weighted by Crippen LogP contribution is -2.16. The fraction of sp³-hybridized carbons (Fsp3) is 0.500. The molecule has 106 valence electrons. The molecule has 3 heterocycles. The van der Waals surface area contributed by atoms with Crippen molar-refractivity contribution < 1.29 is 13.8 Å². The third kappa shape index (κ3) is 2.29. The largest absolute Gasteiger partial charge is 0.338 e. The van der Waals surface area contributed by atoms with Crippen molar-refractivity contribution in [2.75, 3.05) is 11.9 Å². The van der Waals surface area contributed by atoms with Crippen LogP contribution in [-0.2, 0) is 0 Å². The average molecular weight is 277 g/mol. The van der Waals surface area contributed by atoms with Crippen LogP contribution in [0.4, 0.5) is 5.88 Å². The van der Waals surface area contributed by atoms with Gasteiger partial charge in [-0.3, -0.25) is 10.1 Å². The monoisotopic (exact) mass is 277 g/mol. The summed E-state index contributed by atoms with van der Waals surface area (Å²) in [5.74, 6) is 0.260. The van der Waals surface area contributed by atoms with Crippen LogP contribution in [0.25, 0.3) is 0 Å². The molecule has 1 atom stereocenters. The molecule has 2 aromatic rings. The highest BCUT2D eigenvalue weighted by atomic mass is 16.5. The molecule has 1 unspecified atom stereocenters. The van der Waals surface area contributed by atoms with E-state index in [0.29, 0.717) is 11.8 Å². The lowest BCUT2D eigenvalue weighted by molar-refractivity contribution is 0.101. The first kappa shape index (κ1) is 12.8. The van der Waals surface area contributed by atoms with Crippen LogP contribution < -0.4 is 10.6 Å². The van der Waals surface area contributed by atoms with Crippen LogP contribution in [0.15, 0.2) is 9.05 Å². The van der Waals surface area contributed by atoms with E-state index in [4.69, 9.17) is 9.05 Å². The molecule has 0 radical (unpaired) electrons. The molecular formula is C12H15N5O3. The summed E-state index contributed by atoms with van der Waals surface area (Å²) in [6.07, 6.45) is 1.99. The van der Waals surface area contributed by atoms with Gasteiger partial charge in [-0.15, -0.1) is 0 Å². The van der Waals surface area contributed by atoms with Gasteiger partial charge in [0.25, 0.3) is 11.7 Å². The highest BCUT2D eigenvalue weighted by Gasteiger charge is 2.25. The molecule has 1 saturated heterocycles. The Morgan fingerprint density at radius 2 is 2.20 bits per heavy atom. The molecule has 0 aromatic carbocycles. The van der Waals surface area contributed by atoms with Gasteiger partial charge in [0.15, 0.2) is 0 Å². The SMILES string of the molecule is Cc1noc(NC(=O)c2noc(C3CCCN3)n2)c1C. The molecule has 20 heavy (non-hydrogen) atoms. The molecule has 8 heteroatoms. The number of hydrogen-bond acceptors (Lipinski definition) is 7. The first-order valence-electron chi connectivity index (χ1n) is 6.46. The standard InChI is InChI=1S/C12H15N5O3/c1-6-7(2)16-19-11(6)15-10(18)9-14-12(20-17-9)8-4-3-5-13-8/h8,13H,3-5H2,1-2H3,(H,15,18). The zero-order valence-electron chi connectivity index (χ0n) is 11.3. The molecule has 1 fully saturated rings. The normalized spacial score (nSPS) is 18.4. The van der Waals surface area contributed by atoms with Gasteiger partial charge >= 0.3 is 0 Å². The second-order valence-electron chi connectivity index (χ2n) is 4.78. The molecule has 2 aromatic heterocycles. The highest BCUT2D eigenvalue weighted by molar-refractivity contribution is 6.00. The Morgan fingerprint density at radius 1 is 1.35 bits per heavy atom. The number of rotatable bonds is 3. The van der Waals surface area contributed by atoms with Gasteiger partial charge in [0.2, 0.25) is 11.8 Å². The van der Waals surface area contributed by atoms with Gasteiger partial charge in [-0.25, -0.2) is 0 Å². The van der Waals surface area contributed by atoms with Crippen molar-refractivity contribution in [3.05, 3.63) is 23.0 Å². The van der Waals surface area contributed by atoms with E-state index in [0.717, 1.165) is 30.6 Å². The smallest absolute Gasteiger partial charge is 0.299 e. The molecular weight excluding hydrogens is 262 g/mol. The number of aromatic nitrogens is 3. The predicted octanol–water partition coefficient (Wildman–Crippen LogP) is 1.35. The maximum atomic E-state index is 12.0. The van der Waals surface area contributed by atoms with Crippen molar-refractivity contribution in [1.29, 1.82) is 0 Å². The van der Waals surface area contributed by atoms with Crippen molar-refractivity contribution in [1.82, 2.24) is 20.6 Å². The van der Waals surface area contributed by atoms with Crippen LogP contribution in [0.5, 0.6) is 0 Å². The summed E-state index contributed by atoms with van der Waals surface area (Å²) in [4.78, 5) is 16.1. The van der Waals surface area contributed by atoms with Crippen molar-refractivity contribution in [3.8, 4) is 0 Å². The Labute approximate surface area is 114 Å². The van der Waals surface area contributed by atoms with E-state index in [9.17, 15) is 4.79 Å². The summed E-state index contributed by atoms with van der Waals surface area (Å²) in [6, 6.07) is 0.0401. The quantitative estimate of drug-likeness (QED) is 0.872. The average Bonchev–Trinajstić information content (AvgIpc) is 3.14. The number of nitrogens with zero attached hydrogens (tertiary/aromatic N) is 3. The number of hydrogen-bond donors (Lipinski definition) is 2. The Hall–Kier alpha value is -2.22. The number of nitrogens with one attached hydrogen (secondary N) is 2. The second-order valence-corrected chi connectivity index (χ2v) is 4.78. The molecule has 0 spiro atoms. The summed E-state index contributed by atoms with van der Waals surface area (Å²) in [7, 11) is 0. The lowest BCUT2D eigenvalue weighted by Gasteiger charge is -2.01. The molecule has 8 nitrogen and oxygen atoms in total. The van der Waals surface area contributed by atoms with Gasteiger partial charge in [0, 0.05) is 5.56 Å². The van der Waals surface area contributed by atoms with Crippen molar-refractivity contribution in [2.24, 2.45) is 0 Å². The minimum absolute atomic E-state index is 0.0119. The molecule has 2 N–H and O–H groups in total. The van der Waals surface area contributed by atoms with Crippen LogP contribution in [0, 0.1) is 13.8 Å². The van der Waals surface area contributed by atoms with Crippen LogP contribution >= 0.6 is 0 Å². The van der Waals surface area contributed by atoms with Crippen molar-refractivity contribution >= 4 is 11.8 Å². The third-order valence-corrected chi connectivity index (χ3v) is 3.39. The lowest BCUT2D eigenvalue weighted by atomic mass is 10.2. The van der Waals surface area contributed by atoms with Crippen molar-refractivity contribution in [3.63, 3.8) is 0 Å². The number of anilines is 1. The minimum atomic E-state index is -0.475. The molecule has 1 aliphatic rings. The van der Waals surface area contributed by atoms with Crippen molar-refractivity contribution in [2.45, 2.75) is 32.7 Å². The Morgan fingerprint density at radius 3 is 2.85 bits per heavy atom. The van der Waals surface area contributed by atoms with E-state index in [1.807, 2.05) is 6.92 Å². The van der Waals surface area contributed by atoms with Gasteiger partial charge in [0.1, 0.15) is 0 Å². The summed E-state index contributed by atoms with van der Waals surface area (Å²) < 4.78 is 10.1. The molecule has 0 bridgehead atoms. The predicted molar refractivity (Wildman–Crippen MR) is 68.2 cm³/mol. The molecule has 1 aliphatic heterocycles. The van der Waals surface area contributed by atoms with E-state index < -0.39 is 5.91 Å². The maximum Gasteiger partial charge on any atom is 0.299 e. The Balaban J connectivity index is 1.72. The van der Waals surface area contributed by atoms with Gasteiger partial charge in [-0.2, -0.15) is 4.98 Å². The highest BCUT2D eigenvalue weighted by Crippen LogP contribution is 2.22. The maximum absolute atomic E-state index is 12.0. The number of carbonyl (C=O) groups is 1. The second kappa shape index (κ2) is 5.04. The summed E-state index contributed by atoms with van der Waals surface area (Å²) in [5.41, 5.74) is 1.50. The summed E-state index contributed by atoms with van der Waals surface area (Å²) >= 11 is 0. The van der Waals surface area contributed by atoms with Gasteiger partial charge in [0.05, 0.1) is 11.7 Å². The topological polar surface area (TPSA) is 106 Å². The zero-order chi connectivity index (χ0) is 14.1. The van der Waals surface area contributed by atoms with Crippen LogP contribution in [-0.4, -0.2) is 27.7 Å². The Bertz CT molecular complexity index is 627. The van der Waals surface area contributed by atoms with E-state index in [1.54, 1.807) is 6.92 Å². The number of amides is 1. The van der Waals surface area contributed by atoms with E-state index in [-0.39, 0.29) is 11.9 Å². The number of carbonyl (C=O) groups excluding carboxylic acids is 1.